The topological polar surface area (TPSA) is 50.9 Å². The lowest BCUT2D eigenvalue weighted by Gasteiger charge is -2.08. The zero-order valence-corrected chi connectivity index (χ0v) is 8.61. The summed E-state index contributed by atoms with van der Waals surface area (Å²) in [6, 6.07) is 3.79. The zero-order valence-electron chi connectivity index (χ0n) is 7.79. The molecule has 0 aromatic carbocycles. The Morgan fingerprint density at radius 3 is 2.85 bits per heavy atom. The molecule has 1 aromatic rings. The molecule has 70 valence electrons. The predicted molar refractivity (Wildman–Crippen MR) is 59.0 cm³/mol. The van der Waals surface area contributed by atoms with E-state index in [1.165, 1.54) is 0 Å². The molecule has 0 atom stereocenters. The van der Waals surface area contributed by atoms with Crippen molar-refractivity contribution in [2.45, 2.75) is 13.8 Å². The highest BCUT2D eigenvalue weighted by molar-refractivity contribution is 7.80. The molecule has 0 unspecified atom stereocenters. The van der Waals surface area contributed by atoms with Crippen LogP contribution in [-0.2, 0) is 0 Å². The maximum Gasteiger partial charge on any atom is 0.136 e. The van der Waals surface area contributed by atoms with Gasteiger partial charge in [0.05, 0.1) is 5.56 Å². The van der Waals surface area contributed by atoms with Gasteiger partial charge in [-0.1, -0.05) is 12.2 Å². The quantitative estimate of drug-likeness (QED) is 0.717. The monoisotopic (exact) mass is 195 g/mol. The molecule has 0 aliphatic heterocycles. The highest BCUT2D eigenvalue weighted by Gasteiger charge is 2.05. The van der Waals surface area contributed by atoms with E-state index in [2.05, 4.69) is 10.3 Å². The minimum Gasteiger partial charge on any atom is -0.389 e. The first-order chi connectivity index (χ1) is 6.15. The Bertz CT molecular complexity index is 323. The van der Waals surface area contributed by atoms with Crippen LogP contribution in [0, 0.1) is 6.92 Å². The van der Waals surface area contributed by atoms with Crippen molar-refractivity contribution in [3.05, 3.63) is 23.4 Å². The molecule has 0 saturated carbocycles. The maximum absolute atomic E-state index is 5.55. The summed E-state index contributed by atoms with van der Waals surface area (Å²) in [5, 5.41) is 3.12. The van der Waals surface area contributed by atoms with Gasteiger partial charge in [-0.15, -0.1) is 0 Å². The molecule has 4 heteroatoms. The van der Waals surface area contributed by atoms with E-state index in [4.69, 9.17) is 18.0 Å². The lowest BCUT2D eigenvalue weighted by atomic mass is 10.2. The second-order valence-electron chi connectivity index (χ2n) is 2.74. The second-order valence-corrected chi connectivity index (χ2v) is 3.18. The summed E-state index contributed by atoms with van der Waals surface area (Å²) in [7, 11) is 0. The number of rotatable bonds is 3. The summed E-state index contributed by atoms with van der Waals surface area (Å²) < 4.78 is 0. The van der Waals surface area contributed by atoms with E-state index in [-0.39, 0.29) is 0 Å². The van der Waals surface area contributed by atoms with E-state index in [0.717, 1.165) is 23.6 Å². The van der Waals surface area contributed by atoms with Crippen LogP contribution < -0.4 is 11.1 Å². The molecule has 0 aliphatic carbocycles. The van der Waals surface area contributed by atoms with Gasteiger partial charge in [-0.2, -0.15) is 0 Å². The Labute approximate surface area is 83.4 Å². The summed E-state index contributed by atoms with van der Waals surface area (Å²) in [5.74, 6) is 0.773. The molecule has 13 heavy (non-hydrogen) atoms. The van der Waals surface area contributed by atoms with Gasteiger partial charge in [-0.25, -0.2) is 4.98 Å². The SMILES string of the molecule is CCNc1nc(C)ccc1C(N)=S. The van der Waals surface area contributed by atoms with Crippen LogP contribution in [0.5, 0.6) is 0 Å². The smallest absolute Gasteiger partial charge is 0.136 e. The number of nitrogens with zero attached hydrogens (tertiary/aromatic N) is 1. The van der Waals surface area contributed by atoms with Crippen LogP contribution in [0.1, 0.15) is 18.2 Å². The maximum atomic E-state index is 5.55. The zero-order chi connectivity index (χ0) is 9.84. The highest BCUT2D eigenvalue weighted by Crippen LogP contribution is 2.12. The van der Waals surface area contributed by atoms with Gasteiger partial charge in [0.25, 0.3) is 0 Å². The average Bonchev–Trinajstić information content (AvgIpc) is 2.04. The fourth-order valence-corrected chi connectivity index (χ4v) is 1.22. The molecule has 0 bridgehead atoms. The molecular formula is C9H13N3S. The molecular weight excluding hydrogens is 182 g/mol. The second kappa shape index (κ2) is 4.18. The lowest BCUT2D eigenvalue weighted by Crippen LogP contribution is -2.14. The van der Waals surface area contributed by atoms with Crippen molar-refractivity contribution < 1.29 is 0 Å². The molecule has 0 spiro atoms. The van der Waals surface area contributed by atoms with Crippen LogP contribution in [0.15, 0.2) is 12.1 Å². The van der Waals surface area contributed by atoms with Crippen molar-refractivity contribution in [1.82, 2.24) is 4.98 Å². The van der Waals surface area contributed by atoms with Crippen molar-refractivity contribution in [1.29, 1.82) is 0 Å². The van der Waals surface area contributed by atoms with Crippen LogP contribution in [-0.4, -0.2) is 16.5 Å². The summed E-state index contributed by atoms with van der Waals surface area (Å²) in [4.78, 5) is 4.68. The first kappa shape index (κ1) is 9.92. The molecule has 3 N–H and O–H groups in total. The minimum absolute atomic E-state index is 0.378. The molecule has 0 fully saturated rings. The fraction of sp³-hybridized carbons (Fsp3) is 0.333. The number of thiocarbonyl (C=S) groups is 1. The van der Waals surface area contributed by atoms with E-state index in [9.17, 15) is 0 Å². The van der Waals surface area contributed by atoms with Crippen LogP contribution in [0.4, 0.5) is 5.82 Å². The molecule has 1 aromatic heterocycles. The largest absolute Gasteiger partial charge is 0.389 e. The van der Waals surface area contributed by atoms with E-state index >= 15 is 0 Å². The fourth-order valence-electron chi connectivity index (χ4n) is 1.06. The minimum atomic E-state index is 0.378. The highest BCUT2D eigenvalue weighted by atomic mass is 32.1. The van der Waals surface area contributed by atoms with Gasteiger partial charge in [0.15, 0.2) is 0 Å². The molecule has 1 heterocycles. The number of hydrogen-bond acceptors (Lipinski definition) is 3. The third kappa shape index (κ3) is 2.39. The van der Waals surface area contributed by atoms with Crippen LogP contribution in [0.25, 0.3) is 0 Å². The Morgan fingerprint density at radius 1 is 1.62 bits per heavy atom. The lowest BCUT2D eigenvalue weighted by molar-refractivity contribution is 1.12. The predicted octanol–water partition coefficient (Wildman–Crippen LogP) is 1.46. The van der Waals surface area contributed by atoms with E-state index < -0.39 is 0 Å². The number of hydrogen-bond donors (Lipinski definition) is 2. The number of pyridine rings is 1. The Morgan fingerprint density at radius 2 is 2.31 bits per heavy atom. The normalized spacial score (nSPS) is 9.69. The molecule has 1 rings (SSSR count). The van der Waals surface area contributed by atoms with Crippen LogP contribution in [0.3, 0.4) is 0 Å². The van der Waals surface area contributed by atoms with Crippen molar-refractivity contribution >= 4 is 23.0 Å². The summed E-state index contributed by atoms with van der Waals surface area (Å²) in [5.41, 5.74) is 7.31. The Hall–Kier alpha value is -1.16. The average molecular weight is 195 g/mol. The first-order valence-corrected chi connectivity index (χ1v) is 4.57. The number of nitrogens with one attached hydrogen (secondary N) is 1. The number of aromatic nitrogens is 1. The molecule has 0 saturated heterocycles. The van der Waals surface area contributed by atoms with Crippen molar-refractivity contribution in [2.24, 2.45) is 5.73 Å². The molecule has 3 nitrogen and oxygen atoms in total. The van der Waals surface area contributed by atoms with E-state index in [0.29, 0.717) is 4.99 Å². The number of aryl methyl sites for hydroxylation is 1. The van der Waals surface area contributed by atoms with Gasteiger partial charge in [-0.3, -0.25) is 0 Å². The standard InChI is InChI=1S/C9H13N3S/c1-3-11-9-7(8(10)13)5-4-6(2)12-9/h4-5H,3H2,1-2H3,(H2,10,13)(H,11,12). The third-order valence-corrected chi connectivity index (χ3v) is 1.86. The Kier molecular flexibility index (Phi) is 3.19. The van der Waals surface area contributed by atoms with Crippen molar-refractivity contribution in [3.63, 3.8) is 0 Å². The number of anilines is 1. The third-order valence-electron chi connectivity index (χ3n) is 1.64. The van der Waals surface area contributed by atoms with Gasteiger partial charge < -0.3 is 11.1 Å². The van der Waals surface area contributed by atoms with Gasteiger partial charge in [0, 0.05) is 12.2 Å². The van der Waals surface area contributed by atoms with Gasteiger partial charge in [0.2, 0.25) is 0 Å². The summed E-state index contributed by atoms with van der Waals surface area (Å²) >= 11 is 4.90. The van der Waals surface area contributed by atoms with Crippen LogP contribution in [0.2, 0.25) is 0 Å². The van der Waals surface area contributed by atoms with Gasteiger partial charge in [-0.05, 0) is 26.0 Å². The summed E-state index contributed by atoms with van der Waals surface area (Å²) in [6.45, 7) is 4.75. The van der Waals surface area contributed by atoms with Gasteiger partial charge in [0.1, 0.15) is 10.8 Å². The number of nitrogens with two attached hydrogens (primary N) is 1. The van der Waals surface area contributed by atoms with Crippen molar-refractivity contribution in [2.75, 3.05) is 11.9 Å². The first-order valence-electron chi connectivity index (χ1n) is 4.16. The van der Waals surface area contributed by atoms with Crippen molar-refractivity contribution in [3.8, 4) is 0 Å². The molecule has 0 radical (unpaired) electrons. The van der Waals surface area contributed by atoms with Gasteiger partial charge >= 0.3 is 0 Å². The molecule has 0 amide bonds. The van der Waals surface area contributed by atoms with E-state index in [1.54, 1.807) is 0 Å². The van der Waals surface area contributed by atoms with Crippen LogP contribution >= 0.6 is 12.2 Å². The van der Waals surface area contributed by atoms with E-state index in [1.807, 2.05) is 26.0 Å². The summed E-state index contributed by atoms with van der Waals surface area (Å²) in [6.07, 6.45) is 0. The Balaban J connectivity index is 3.10. The molecule has 0 aliphatic rings.